The molecule has 1 amide bonds. The van der Waals surface area contributed by atoms with Crippen LogP contribution in [0.2, 0.25) is 0 Å². The van der Waals surface area contributed by atoms with Crippen LogP contribution in [0, 0.1) is 13.8 Å². The van der Waals surface area contributed by atoms with Crippen LogP contribution in [0.5, 0.6) is 0 Å². The first-order valence-corrected chi connectivity index (χ1v) is 6.47. The van der Waals surface area contributed by atoms with Gasteiger partial charge >= 0.3 is 6.09 Å². The van der Waals surface area contributed by atoms with Gasteiger partial charge in [0.1, 0.15) is 5.60 Å². The average Bonchev–Trinajstić information content (AvgIpc) is 2.50. The van der Waals surface area contributed by atoms with Crippen molar-refractivity contribution in [2.75, 3.05) is 12.3 Å². The molecule has 1 aromatic rings. The topological polar surface area (TPSA) is 82.2 Å². The highest BCUT2D eigenvalue weighted by Gasteiger charge is 2.15. The van der Waals surface area contributed by atoms with E-state index in [0.717, 1.165) is 30.0 Å². The molecule has 1 aromatic heterocycles. The van der Waals surface area contributed by atoms with Crippen molar-refractivity contribution in [3.8, 4) is 0 Å². The van der Waals surface area contributed by atoms with E-state index in [2.05, 4.69) is 10.4 Å². The molecule has 0 saturated heterocycles. The highest BCUT2D eigenvalue weighted by molar-refractivity contribution is 5.67. The van der Waals surface area contributed by atoms with Gasteiger partial charge in [0.15, 0.2) is 0 Å². The first kappa shape index (κ1) is 15.3. The van der Waals surface area contributed by atoms with Crippen LogP contribution >= 0.6 is 0 Å². The summed E-state index contributed by atoms with van der Waals surface area (Å²) in [5, 5.41) is 7.05. The number of aryl methyl sites for hydroxylation is 2. The van der Waals surface area contributed by atoms with Crippen molar-refractivity contribution in [1.29, 1.82) is 0 Å². The van der Waals surface area contributed by atoms with Crippen LogP contribution in [0.1, 0.15) is 38.6 Å². The SMILES string of the molecule is Cc1nn(CCCNC(=O)OC(C)(C)C)c(C)c1N. The Morgan fingerprint density at radius 2 is 2.05 bits per heavy atom. The van der Waals surface area contributed by atoms with E-state index in [4.69, 9.17) is 10.5 Å². The van der Waals surface area contributed by atoms with Crippen molar-refractivity contribution in [2.45, 2.75) is 53.2 Å². The molecule has 0 aliphatic carbocycles. The maximum Gasteiger partial charge on any atom is 0.407 e. The maximum absolute atomic E-state index is 11.4. The van der Waals surface area contributed by atoms with Crippen molar-refractivity contribution in [2.24, 2.45) is 0 Å². The molecule has 0 radical (unpaired) electrons. The number of aromatic nitrogens is 2. The fourth-order valence-corrected chi connectivity index (χ4v) is 1.66. The van der Waals surface area contributed by atoms with E-state index in [1.165, 1.54) is 0 Å². The van der Waals surface area contributed by atoms with Crippen LogP contribution < -0.4 is 11.1 Å². The molecule has 0 fully saturated rings. The monoisotopic (exact) mass is 268 g/mol. The van der Waals surface area contributed by atoms with Gasteiger partial charge in [0.25, 0.3) is 0 Å². The lowest BCUT2D eigenvalue weighted by Crippen LogP contribution is -2.33. The second-order valence-corrected chi connectivity index (χ2v) is 5.59. The third kappa shape index (κ3) is 4.81. The van der Waals surface area contributed by atoms with E-state index < -0.39 is 5.60 Å². The molecule has 0 unspecified atom stereocenters. The minimum absolute atomic E-state index is 0.389. The lowest BCUT2D eigenvalue weighted by Gasteiger charge is -2.19. The lowest BCUT2D eigenvalue weighted by molar-refractivity contribution is 0.0526. The van der Waals surface area contributed by atoms with Gasteiger partial charge in [-0.05, 0) is 41.0 Å². The molecular weight excluding hydrogens is 244 g/mol. The van der Waals surface area contributed by atoms with Gasteiger partial charge in [0.05, 0.1) is 17.1 Å². The van der Waals surface area contributed by atoms with Crippen LogP contribution in [-0.2, 0) is 11.3 Å². The number of ether oxygens (including phenoxy) is 1. The fourth-order valence-electron chi connectivity index (χ4n) is 1.66. The van der Waals surface area contributed by atoms with Crippen LogP contribution in [-0.4, -0.2) is 28.0 Å². The molecule has 6 nitrogen and oxygen atoms in total. The molecule has 1 heterocycles. The maximum atomic E-state index is 11.4. The van der Waals surface area contributed by atoms with Crippen molar-refractivity contribution < 1.29 is 9.53 Å². The van der Waals surface area contributed by atoms with Crippen LogP contribution in [0.4, 0.5) is 10.5 Å². The zero-order valence-corrected chi connectivity index (χ0v) is 12.4. The van der Waals surface area contributed by atoms with Gasteiger partial charge in [0.2, 0.25) is 0 Å². The Kier molecular flexibility index (Phi) is 4.80. The number of hydrogen-bond acceptors (Lipinski definition) is 4. The molecule has 6 heteroatoms. The minimum atomic E-state index is -0.464. The predicted molar refractivity (Wildman–Crippen MR) is 75.0 cm³/mol. The first-order valence-electron chi connectivity index (χ1n) is 6.47. The number of nitrogens with one attached hydrogen (secondary N) is 1. The molecule has 0 bridgehead atoms. The highest BCUT2D eigenvalue weighted by atomic mass is 16.6. The number of amides is 1. The van der Waals surface area contributed by atoms with E-state index in [9.17, 15) is 4.79 Å². The van der Waals surface area contributed by atoms with E-state index >= 15 is 0 Å². The molecule has 0 spiro atoms. The van der Waals surface area contributed by atoms with E-state index in [0.29, 0.717) is 6.54 Å². The van der Waals surface area contributed by atoms with Crippen LogP contribution in [0.25, 0.3) is 0 Å². The normalized spacial score (nSPS) is 11.4. The number of carbonyl (C=O) groups is 1. The second-order valence-electron chi connectivity index (χ2n) is 5.59. The van der Waals surface area contributed by atoms with E-state index in [1.54, 1.807) is 0 Å². The second kappa shape index (κ2) is 5.95. The number of nitrogen functional groups attached to an aromatic ring is 1. The van der Waals surface area contributed by atoms with Crippen molar-refractivity contribution in [1.82, 2.24) is 15.1 Å². The number of alkyl carbamates (subject to hydrolysis) is 1. The summed E-state index contributed by atoms with van der Waals surface area (Å²) in [5.41, 5.74) is 7.94. The number of hydrogen-bond donors (Lipinski definition) is 2. The summed E-state index contributed by atoms with van der Waals surface area (Å²) in [5.74, 6) is 0. The zero-order chi connectivity index (χ0) is 14.6. The summed E-state index contributed by atoms with van der Waals surface area (Å²) in [6.45, 7) is 10.6. The van der Waals surface area contributed by atoms with Gasteiger partial charge in [-0.3, -0.25) is 4.68 Å². The molecular formula is C13H24N4O2. The molecule has 108 valence electrons. The van der Waals surface area contributed by atoms with E-state index in [-0.39, 0.29) is 6.09 Å². The lowest BCUT2D eigenvalue weighted by atomic mass is 10.2. The molecule has 0 saturated carbocycles. The molecule has 0 aliphatic heterocycles. The summed E-state index contributed by atoms with van der Waals surface area (Å²) < 4.78 is 7.01. The van der Waals surface area contributed by atoms with Gasteiger partial charge in [-0.2, -0.15) is 5.10 Å². The van der Waals surface area contributed by atoms with Crippen molar-refractivity contribution >= 4 is 11.8 Å². The first-order chi connectivity index (χ1) is 8.70. The predicted octanol–water partition coefficient (Wildman–Crippen LogP) is 2.00. The van der Waals surface area contributed by atoms with Gasteiger partial charge in [0, 0.05) is 13.1 Å². The number of rotatable bonds is 4. The molecule has 19 heavy (non-hydrogen) atoms. The Hall–Kier alpha value is -1.72. The largest absolute Gasteiger partial charge is 0.444 e. The third-order valence-electron chi connectivity index (χ3n) is 2.65. The standard InChI is InChI=1S/C13H24N4O2/c1-9-11(14)10(2)17(16-9)8-6-7-15-12(18)19-13(3,4)5/h6-8,14H2,1-5H3,(H,15,18). The Bertz CT molecular complexity index is 446. The smallest absolute Gasteiger partial charge is 0.407 e. The Morgan fingerprint density at radius 3 is 2.53 bits per heavy atom. The van der Waals surface area contributed by atoms with Crippen LogP contribution in [0.15, 0.2) is 0 Å². The third-order valence-corrected chi connectivity index (χ3v) is 2.65. The summed E-state index contributed by atoms with van der Waals surface area (Å²) in [4.78, 5) is 11.4. The zero-order valence-electron chi connectivity index (χ0n) is 12.4. The number of anilines is 1. The highest BCUT2D eigenvalue weighted by Crippen LogP contribution is 2.14. The Morgan fingerprint density at radius 1 is 1.42 bits per heavy atom. The average molecular weight is 268 g/mol. The molecule has 0 aliphatic rings. The Balaban J connectivity index is 2.31. The minimum Gasteiger partial charge on any atom is -0.444 e. The van der Waals surface area contributed by atoms with Gasteiger partial charge in [-0.15, -0.1) is 0 Å². The number of carbonyl (C=O) groups excluding carboxylic acids is 1. The van der Waals surface area contributed by atoms with Crippen molar-refractivity contribution in [3.05, 3.63) is 11.4 Å². The molecule has 0 aromatic carbocycles. The van der Waals surface area contributed by atoms with E-state index in [1.807, 2.05) is 39.3 Å². The fraction of sp³-hybridized carbons (Fsp3) is 0.692. The molecule has 0 atom stereocenters. The summed E-state index contributed by atoms with van der Waals surface area (Å²) in [6, 6.07) is 0. The van der Waals surface area contributed by atoms with Crippen LogP contribution in [0.3, 0.4) is 0 Å². The van der Waals surface area contributed by atoms with Gasteiger partial charge in [-0.1, -0.05) is 0 Å². The van der Waals surface area contributed by atoms with Crippen molar-refractivity contribution in [3.63, 3.8) is 0 Å². The number of nitrogens with two attached hydrogens (primary N) is 1. The molecule has 1 rings (SSSR count). The quantitative estimate of drug-likeness (QED) is 0.818. The number of nitrogens with zero attached hydrogens (tertiary/aromatic N) is 2. The van der Waals surface area contributed by atoms with Gasteiger partial charge < -0.3 is 15.8 Å². The molecule has 3 N–H and O–H groups in total. The Labute approximate surface area is 114 Å². The van der Waals surface area contributed by atoms with Gasteiger partial charge in [-0.25, -0.2) is 4.79 Å². The summed E-state index contributed by atoms with van der Waals surface area (Å²) >= 11 is 0. The summed E-state index contributed by atoms with van der Waals surface area (Å²) in [6.07, 6.45) is 0.390. The summed E-state index contributed by atoms with van der Waals surface area (Å²) in [7, 11) is 0.